The van der Waals surface area contributed by atoms with E-state index in [1.54, 1.807) is 0 Å². The quantitative estimate of drug-likeness (QED) is 0.721. The van der Waals surface area contributed by atoms with Crippen LogP contribution in [0.4, 0.5) is 0 Å². The van der Waals surface area contributed by atoms with Gasteiger partial charge >= 0.3 is 5.69 Å². The van der Waals surface area contributed by atoms with Gasteiger partial charge in [-0.2, -0.15) is 0 Å². The molecule has 14 heavy (non-hydrogen) atoms. The van der Waals surface area contributed by atoms with Crippen molar-refractivity contribution in [3.63, 3.8) is 0 Å². The Labute approximate surface area is 85.4 Å². The predicted molar refractivity (Wildman–Crippen MR) is 58.8 cm³/mol. The summed E-state index contributed by atoms with van der Waals surface area (Å²) >= 11 is 0. The molecule has 0 spiro atoms. The first-order chi connectivity index (χ1) is 6.71. The minimum Gasteiger partial charge on any atom is -0.296 e. The zero-order valence-electron chi connectivity index (χ0n) is 9.63. The number of hydrogen-bond acceptors (Lipinski definition) is 1. The second-order valence-corrected chi connectivity index (χ2v) is 3.37. The maximum absolute atomic E-state index is 11.9. The van der Waals surface area contributed by atoms with Crippen LogP contribution in [0.3, 0.4) is 0 Å². The average molecular weight is 196 g/mol. The second kappa shape index (κ2) is 4.49. The molecule has 3 heteroatoms. The highest BCUT2D eigenvalue weighted by atomic mass is 16.1. The van der Waals surface area contributed by atoms with Crippen molar-refractivity contribution in [2.45, 2.75) is 53.6 Å². The summed E-state index contributed by atoms with van der Waals surface area (Å²) in [5.41, 5.74) is 2.58. The summed E-state index contributed by atoms with van der Waals surface area (Å²) in [6.07, 6.45) is 1.89. The third kappa shape index (κ3) is 1.51. The van der Waals surface area contributed by atoms with Gasteiger partial charge in [-0.05, 0) is 26.7 Å². The fourth-order valence-corrected chi connectivity index (χ4v) is 2.13. The van der Waals surface area contributed by atoms with Gasteiger partial charge < -0.3 is 0 Å². The van der Waals surface area contributed by atoms with Crippen LogP contribution >= 0.6 is 0 Å². The lowest BCUT2D eigenvalue weighted by molar-refractivity contribution is 0.637. The Kier molecular flexibility index (Phi) is 3.55. The Morgan fingerprint density at radius 1 is 0.857 bits per heavy atom. The third-order valence-electron chi connectivity index (χ3n) is 2.75. The molecule has 0 amide bonds. The molecule has 0 aliphatic heterocycles. The zero-order chi connectivity index (χ0) is 10.7. The van der Waals surface area contributed by atoms with Crippen LogP contribution in [-0.2, 0) is 25.9 Å². The second-order valence-electron chi connectivity index (χ2n) is 3.37. The van der Waals surface area contributed by atoms with Crippen LogP contribution in [0.25, 0.3) is 0 Å². The van der Waals surface area contributed by atoms with Gasteiger partial charge in [-0.1, -0.05) is 13.8 Å². The zero-order valence-corrected chi connectivity index (χ0v) is 9.63. The van der Waals surface area contributed by atoms with E-state index >= 15 is 0 Å². The van der Waals surface area contributed by atoms with Crippen LogP contribution in [0.5, 0.6) is 0 Å². The number of aromatic nitrogens is 2. The monoisotopic (exact) mass is 196 g/mol. The molecule has 80 valence electrons. The standard InChI is InChI=1S/C11H20N2O/c1-5-9-10(6-2)13(8-4)11(14)12(9)7-3/h5-8H2,1-4H3. The molecular weight excluding hydrogens is 176 g/mol. The number of rotatable bonds is 4. The van der Waals surface area contributed by atoms with Gasteiger partial charge in [-0.15, -0.1) is 0 Å². The lowest BCUT2D eigenvalue weighted by atomic mass is 10.2. The molecule has 0 aliphatic rings. The normalized spacial score (nSPS) is 10.9. The highest BCUT2D eigenvalue weighted by Gasteiger charge is 2.14. The fraction of sp³-hybridized carbons (Fsp3) is 0.727. The first-order valence-electron chi connectivity index (χ1n) is 5.52. The Morgan fingerprint density at radius 3 is 1.43 bits per heavy atom. The van der Waals surface area contributed by atoms with Gasteiger partial charge in [0.15, 0.2) is 0 Å². The number of nitrogens with zero attached hydrogens (tertiary/aromatic N) is 2. The first kappa shape index (κ1) is 11.1. The highest BCUT2D eigenvalue weighted by molar-refractivity contribution is 5.15. The fourth-order valence-electron chi connectivity index (χ4n) is 2.13. The van der Waals surface area contributed by atoms with E-state index in [9.17, 15) is 4.79 Å². The first-order valence-corrected chi connectivity index (χ1v) is 5.52. The van der Waals surface area contributed by atoms with Gasteiger partial charge in [0.25, 0.3) is 0 Å². The van der Waals surface area contributed by atoms with Crippen LogP contribution < -0.4 is 5.69 Å². The molecule has 3 nitrogen and oxygen atoms in total. The molecule has 0 saturated heterocycles. The van der Waals surface area contributed by atoms with Crippen molar-refractivity contribution in [1.29, 1.82) is 0 Å². The Balaban J connectivity index is 3.45. The van der Waals surface area contributed by atoms with Crippen LogP contribution in [0.15, 0.2) is 4.79 Å². The van der Waals surface area contributed by atoms with Crippen LogP contribution in [0.2, 0.25) is 0 Å². The van der Waals surface area contributed by atoms with Crippen molar-refractivity contribution in [3.8, 4) is 0 Å². The Hall–Kier alpha value is -0.990. The molecule has 0 atom stereocenters. The number of hydrogen-bond donors (Lipinski definition) is 0. The Bertz CT molecular complexity index is 328. The molecule has 0 saturated carbocycles. The van der Waals surface area contributed by atoms with E-state index in [0.717, 1.165) is 25.9 Å². The van der Waals surface area contributed by atoms with E-state index < -0.39 is 0 Å². The van der Waals surface area contributed by atoms with Crippen LogP contribution in [-0.4, -0.2) is 9.13 Å². The van der Waals surface area contributed by atoms with Gasteiger partial charge in [0.2, 0.25) is 0 Å². The summed E-state index contributed by atoms with van der Waals surface area (Å²) in [4.78, 5) is 11.9. The molecule has 0 unspecified atom stereocenters. The van der Waals surface area contributed by atoms with E-state index in [2.05, 4.69) is 13.8 Å². The van der Waals surface area contributed by atoms with Crippen molar-refractivity contribution < 1.29 is 0 Å². The van der Waals surface area contributed by atoms with Crippen molar-refractivity contribution in [2.24, 2.45) is 0 Å². The van der Waals surface area contributed by atoms with Gasteiger partial charge in [-0.25, -0.2) is 4.79 Å². The Morgan fingerprint density at radius 2 is 1.21 bits per heavy atom. The summed E-state index contributed by atoms with van der Waals surface area (Å²) in [7, 11) is 0. The predicted octanol–water partition coefficient (Wildman–Crippen LogP) is 1.81. The summed E-state index contributed by atoms with van der Waals surface area (Å²) in [6, 6.07) is 0. The van der Waals surface area contributed by atoms with E-state index in [1.807, 2.05) is 23.0 Å². The number of imidazole rings is 1. The summed E-state index contributed by atoms with van der Waals surface area (Å²) in [6.45, 7) is 9.84. The van der Waals surface area contributed by atoms with Gasteiger partial charge in [0.05, 0.1) is 0 Å². The van der Waals surface area contributed by atoms with Crippen molar-refractivity contribution >= 4 is 0 Å². The maximum atomic E-state index is 11.9. The lowest BCUT2D eigenvalue weighted by Gasteiger charge is -2.04. The lowest BCUT2D eigenvalue weighted by Crippen LogP contribution is -2.24. The molecule has 1 rings (SSSR count). The molecule has 0 bridgehead atoms. The van der Waals surface area contributed by atoms with E-state index in [4.69, 9.17) is 0 Å². The molecule has 1 aromatic heterocycles. The van der Waals surface area contributed by atoms with E-state index in [1.165, 1.54) is 11.4 Å². The average Bonchev–Trinajstić information content (AvgIpc) is 2.48. The molecule has 1 aromatic rings. The van der Waals surface area contributed by atoms with Gasteiger partial charge in [-0.3, -0.25) is 9.13 Å². The van der Waals surface area contributed by atoms with Gasteiger partial charge in [0.1, 0.15) is 0 Å². The largest absolute Gasteiger partial charge is 0.328 e. The summed E-state index contributed by atoms with van der Waals surface area (Å²) in [5.74, 6) is 0. The SMILES string of the molecule is CCc1c(CC)n(CC)c(=O)n1CC. The van der Waals surface area contributed by atoms with E-state index in [-0.39, 0.29) is 5.69 Å². The third-order valence-corrected chi connectivity index (χ3v) is 2.75. The summed E-state index contributed by atoms with van der Waals surface area (Å²) < 4.78 is 3.78. The molecule has 0 aromatic carbocycles. The van der Waals surface area contributed by atoms with Crippen molar-refractivity contribution in [2.75, 3.05) is 0 Å². The van der Waals surface area contributed by atoms with E-state index in [0.29, 0.717) is 0 Å². The molecule has 0 aliphatic carbocycles. The van der Waals surface area contributed by atoms with Crippen molar-refractivity contribution in [1.82, 2.24) is 9.13 Å². The molecular formula is C11H20N2O. The summed E-state index contributed by atoms with van der Waals surface area (Å²) in [5, 5.41) is 0. The highest BCUT2D eigenvalue weighted by Crippen LogP contribution is 2.09. The van der Waals surface area contributed by atoms with Crippen LogP contribution in [0, 0.1) is 0 Å². The molecule has 0 radical (unpaired) electrons. The molecule has 1 heterocycles. The van der Waals surface area contributed by atoms with Crippen molar-refractivity contribution in [3.05, 3.63) is 21.9 Å². The minimum absolute atomic E-state index is 0.156. The molecule has 0 N–H and O–H groups in total. The molecule has 0 fully saturated rings. The minimum atomic E-state index is 0.156. The van der Waals surface area contributed by atoms with Crippen LogP contribution in [0.1, 0.15) is 39.1 Å². The maximum Gasteiger partial charge on any atom is 0.328 e. The topological polar surface area (TPSA) is 26.9 Å². The smallest absolute Gasteiger partial charge is 0.296 e. The van der Waals surface area contributed by atoms with Gasteiger partial charge in [0, 0.05) is 24.5 Å².